The summed E-state index contributed by atoms with van der Waals surface area (Å²) < 4.78 is 0. The molecule has 0 saturated carbocycles. The van der Waals surface area contributed by atoms with Crippen LogP contribution < -0.4 is 15.1 Å². The first-order valence-electron chi connectivity index (χ1n) is 8.87. The maximum absolute atomic E-state index is 6.11. The van der Waals surface area contributed by atoms with E-state index in [1.54, 1.807) is 12.4 Å². The van der Waals surface area contributed by atoms with Crippen molar-refractivity contribution in [1.82, 2.24) is 20.2 Å². The monoisotopic (exact) mass is 381 g/mol. The van der Waals surface area contributed by atoms with Crippen molar-refractivity contribution in [3.8, 4) is 0 Å². The van der Waals surface area contributed by atoms with Crippen LogP contribution in [0.5, 0.6) is 0 Å². The molecule has 0 amide bonds. The van der Waals surface area contributed by atoms with Crippen LogP contribution in [0.2, 0.25) is 5.02 Å². The fraction of sp³-hybridized carbons (Fsp3) is 0.263. The molecule has 3 aromatic rings. The minimum atomic E-state index is 0.510. The lowest BCUT2D eigenvalue weighted by atomic mass is 10.2. The van der Waals surface area contributed by atoms with E-state index in [2.05, 4.69) is 41.3 Å². The maximum Gasteiger partial charge on any atom is 0.245 e. The summed E-state index contributed by atoms with van der Waals surface area (Å²) in [5.74, 6) is 1.34. The zero-order valence-electron chi connectivity index (χ0n) is 14.8. The Morgan fingerprint density at radius 1 is 1.00 bits per heavy atom. The zero-order chi connectivity index (χ0) is 18.5. The summed E-state index contributed by atoms with van der Waals surface area (Å²) in [5, 5.41) is 12.1. The number of aromatic nitrogens is 4. The van der Waals surface area contributed by atoms with Gasteiger partial charge in [-0.2, -0.15) is 10.1 Å². The molecule has 0 bridgehead atoms. The number of benzene rings is 1. The van der Waals surface area contributed by atoms with Gasteiger partial charge in [0.25, 0.3) is 0 Å². The number of hydrogen-bond donors (Lipinski definition) is 1. The van der Waals surface area contributed by atoms with Crippen molar-refractivity contribution < 1.29 is 0 Å². The van der Waals surface area contributed by atoms with Gasteiger partial charge in [-0.3, -0.25) is 4.98 Å². The highest BCUT2D eigenvalue weighted by molar-refractivity contribution is 6.30. The Labute approximate surface area is 163 Å². The van der Waals surface area contributed by atoms with Crippen molar-refractivity contribution in [2.45, 2.75) is 6.54 Å². The second-order valence-corrected chi connectivity index (χ2v) is 6.70. The Kier molecular flexibility index (Phi) is 5.29. The van der Waals surface area contributed by atoms with E-state index in [4.69, 9.17) is 11.6 Å². The molecule has 2 aromatic heterocycles. The van der Waals surface area contributed by atoms with Crippen molar-refractivity contribution in [3.63, 3.8) is 0 Å². The Morgan fingerprint density at radius 3 is 2.63 bits per heavy atom. The van der Waals surface area contributed by atoms with Gasteiger partial charge in [0, 0.05) is 43.1 Å². The molecule has 1 saturated heterocycles. The number of hydrogen-bond acceptors (Lipinski definition) is 7. The lowest BCUT2D eigenvalue weighted by molar-refractivity contribution is 0.644. The standard InChI is InChI=1S/C19H20ClN7/c20-15-4-3-6-17(12-15)26-8-10-27(11-9-26)18-14-23-25-19(24-18)22-13-16-5-1-2-7-21-16/h1-7,12,14H,8-11,13H2,(H,22,24,25). The number of rotatable bonds is 5. The lowest BCUT2D eigenvalue weighted by Crippen LogP contribution is -2.47. The van der Waals surface area contributed by atoms with Crippen molar-refractivity contribution in [3.05, 3.63) is 65.6 Å². The zero-order valence-corrected chi connectivity index (χ0v) is 15.5. The smallest absolute Gasteiger partial charge is 0.245 e. The molecule has 0 atom stereocenters. The van der Waals surface area contributed by atoms with Crippen LogP contribution in [0.3, 0.4) is 0 Å². The molecule has 4 rings (SSSR count). The van der Waals surface area contributed by atoms with E-state index in [0.29, 0.717) is 12.5 Å². The number of pyridine rings is 1. The average Bonchev–Trinajstić information content (AvgIpc) is 2.73. The van der Waals surface area contributed by atoms with Crippen LogP contribution in [0.15, 0.2) is 54.9 Å². The topological polar surface area (TPSA) is 70.1 Å². The Balaban J connectivity index is 1.37. The van der Waals surface area contributed by atoms with Gasteiger partial charge in [0.2, 0.25) is 5.95 Å². The third-order valence-corrected chi connectivity index (χ3v) is 4.71. The van der Waals surface area contributed by atoms with Crippen LogP contribution >= 0.6 is 11.6 Å². The summed E-state index contributed by atoms with van der Waals surface area (Å²) in [6.07, 6.45) is 3.48. The highest BCUT2D eigenvalue weighted by Crippen LogP contribution is 2.22. The average molecular weight is 382 g/mol. The Bertz CT molecular complexity index is 882. The van der Waals surface area contributed by atoms with Gasteiger partial charge >= 0.3 is 0 Å². The molecule has 8 heteroatoms. The van der Waals surface area contributed by atoms with E-state index in [0.717, 1.165) is 48.4 Å². The van der Waals surface area contributed by atoms with E-state index in [1.807, 2.05) is 36.4 Å². The lowest BCUT2D eigenvalue weighted by Gasteiger charge is -2.36. The van der Waals surface area contributed by atoms with E-state index in [-0.39, 0.29) is 0 Å². The van der Waals surface area contributed by atoms with Crippen molar-refractivity contribution in [1.29, 1.82) is 0 Å². The van der Waals surface area contributed by atoms with Crippen LogP contribution in [-0.2, 0) is 6.54 Å². The van der Waals surface area contributed by atoms with Gasteiger partial charge in [0.1, 0.15) is 0 Å². The normalized spacial score (nSPS) is 14.3. The molecule has 138 valence electrons. The Morgan fingerprint density at radius 2 is 1.85 bits per heavy atom. The predicted molar refractivity (Wildman–Crippen MR) is 107 cm³/mol. The second-order valence-electron chi connectivity index (χ2n) is 6.27. The molecular weight excluding hydrogens is 362 g/mol. The molecule has 0 radical (unpaired) electrons. The van der Waals surface area contributed by atoms with Gasteiger partial charge in [0.15, 0.2) is 5.82 Å². The summed E-state index contributed by atoms with van der Waals surface area (Å²) in [5.41, 5.74) is 2.09. The van der Waals surface area contributed by atoms with Gasteiger partial charge in [0.05, 0.1) is 18.4 Å². The number of nitrogens with one attached hydrogen (secondary N) is 1. The molecule has 7 nitrogen and oxygen atoms in total. The molecule has 0 spiro atoms. The summed E-state index contributed by atoms with van der Waals surface area (Å²) >= 11 is 6.11. The molecule has 0 unspecified atom stereocenters. The van der Waals surface area contributed by atoms with Crippen molar-refractivity contribution in [2.24, 2.45) is 0 Å². The molecular formula is C19H20ClN7. The fourth-order valence-corrected chi connectivity index (χ4v) is 3.25. The SMILES string of the molecule is Clc1cccc(N2CCN(c3cnnc(NCc4ccccn4)n3)CC2)c1. The van der Waals surface area contributed by atoms with Crippen LogP contribution in [0.1, 0.15) is 5.69 Å². The number of anilines is 3. The third-order valence-electron chi connectivity index (χ3n) is 4.48. The first-order valence-corrected chi connectivity index (χ1v) is 9.25. The third kappa shape index (κ3) is 4.43. The quantitative estimate of drug-likeness (QED) is 0.728. The van der Waals surface area contributed by atoms with Crippen LogP contribution in [0.25, 0.3) is 0 Å². The van der Waals surface area contributed by atoms with Gasteiger partial charge in [-0.1, -0.05) is 23.7 Å². The van der Waals surface area contributed by atoms with E-state index >= 15 is 0 Å². The van der Waals surface area contributed by atoms with Crippen LogP contribution in [0, 0.1) is 0 Å². The highest BCUT2D eigenvalue weighted by Gasteiger charge is 2.19. The van der Waals surface area contributed by atoms with Crippen LogP contribution in [-0.4, -0.2) is 46.3 Å². The molecule has 1 aliphatic rings. The van der Waals surface area contributed by atoms with Gasteiger partial charge < -0.3 is 15.1 Å². The van der Waals surface area contributed by atoms with Crippen LogP contribution in [0.4, 0.5) is 17.5 Å². The second kappa shape index (κ2) is 8.18. The fourth-order valence-electron chi connectivity index (χ4n) is 3.06. The highest BCUT2D eigenvalue weighted by atomic mass is 35.5. The first kappa shape index (κ1) is 17.5. The van der Waals surface area contributed by atoms with E-state index in [9.17, 15) is 0 Å². The molecule has 1 aliphatic heterocycles. The Hall–Kier alpha value is -2.93. The van der Waals surface area contributed by atoms with Crippen molar-refractivity contribution >= 4 is 29.1 Å². The summed E-state index contributed by atoms with van der Waals surface area (Å²) in [6, 6.07) is 13.8. The van der Waals surface area contributed by atoms with Gasteiger partial charge in [-0.15, -0.1) is 5.10 Å². The minimum absolute atomic E-state index is 0.510. The van der Waals surface area contributed by atoms with Gasteiger partial charge in [-0.05, 0) is 30.3 Å². The summed E-state index contributed by atoms with van der Waals surface area (Å²) in [4.78, 5) is 13.4. The summed E-state index contributed by atoms with van der Waals surface area (Å²) in [7, 11) is 0. The molecule has 3 heterocycles. The van der Waals surface area contributed by atoms with E-state index < -0.39 is 0 Å². The summed E-state index contributed by atoms with van der Waals surface area (Å²) in [6.45, 7) is 4.10. The molecule has 27 heavy (non-hydrogen) atoms. The number of nitrogens with zero attached hydrogens (tertiary/aromatic N) is 6. The minimum Gasteiger partial charge on any atom is -0.368 e. The molecule has 1 N–H and O–H groups in total. The predicted octanol–water partition coefficient (Wildman–Crippen LogP) is 2.86. The van der Waals surface area contributed by atoms with Gasteiger partial charge in [-0.25, -0.2) is 0 Å². The number of halogens is 1. The molecule has 1 aromatic carbocycles. The number of piperazine rings is 1. The van der Waals surface area contributed by atoms with E-state index in [1.165, 1.54) is 0 Å². The molecule has 1 fully saturated rings. The first-order chi connectivity index (χ1) is 13.3. The van der Waals surface area contributed by atoms with Crippen molar-refractivity contribution in [2.75, 3.05) is 41.3 Å². The molecule has 0 aliphatic carbocycles. The maximum atomic E-state index is 6.11. The largest absolute Gasteiger partial charge is 0.368 e.